The fraction of sp³-hybridized carbons (Fsp3) is 0.786. The van der Waals surface area contributed by atoms with Gasteiger partial charge < -0.3 is 10.4 Å². The quantitative estimate of drug-likeness (QED) is 0.692. The summed E-state index contributed by atoms with van der Waals surface area (Å²) in [5, 5.41) is 14.0. The van der Waals surface area contributed by atoms with Crippen LogP contribution in [-0.2, 0) is 9.59 Å². The van der Waals surface area contributed by atoms with E-state index in [1.54, 1.807) is 4.90 Å². The van der Waals surface area contributed by atoms with E-state index in [-0.39, 0.29) is 6.54 Å². The number of hydrogen-bond donors (Lipinski definition) is 3. The van der Waals surface area contributed by atoms with Gasteiger partial charge in [-0.3, -0.25) is 19.8 Å². The molecule has 1 aliphatic heterocycles. The molecule has 1 rings (SSSR count). The average Bonchev–Trinajstić information content (AvgIpc) is 2.38. The molecular weight excluding hydrogens is 274 g/mol. The third-order valence-corrected chi connectivity index (χ3v) is 3.53. The molecule has 7 nitrogen and oxygen atoms in total. The molecule has 0 aromatic rings. The van der Waals surface area contributed by atoms with E-state index in [9.17, 15) is 19.5 Å². The van der Waals surface area contributed by atoms with E-state index in [0.29, 0.717) is 31.3 Å². The molecule has 0 spiro atoms. The van der Waals surface area contributed by atoms with Crippen LogP contribution in [0.3, 0.4) is 0 Å². The molecule has 0 aromatic carbocycles. The summed E-state index contributed by atoms with van der Waals surface area (Å²) in [6, 6.07) is -1.19. The first-order chi connectivity index (χ1) is 9.79. The Balaban J connectivity index is 2.45. The van der Waals surface area contributed by atoms with E-state index in [2.05, 4.69) is 10.6 Å². The smallest absolute Gasteiger partial charge is 0.321 e. The molecule has 3 amide bonds. The monoisotopic (exact) mass is 299 g/mol. The second-order valence-electron chi connectivity index (χ2n) is 6.11. The number of amides is 3. The van der Waals surface area contributed by atoms with E-state index >= 15 is 0 Å². The number of nitrogens with zero attached hydrogens (tertiary/aromatic N) is 1. The van der Waals surface area contributed by atoms with E-state index in [1.165, 1.54) is 0 Å². The number of piperidine rings is 1. The van der Waals surface area contributed by atoms with Gasteiger partial charge in [-0.25, -0.2) is 4.79 Å². The number of carboxylic acids is 1. The lowest BCUT2D eigenvalue weighted by Crippen LogP contribution is -2.52. The van der Waals surface area contributed by atoms with Gasteiger partial charge in [0, 0.05) is 6.54 Å². The van der Waals surface area contributed by atoms with Crippen molar-refractivity contribution in [1.82, 2.24) is 15.5 Å². The predicted octanol–water partition coefficient (Wildman–Crippen LogP) is 0.653. The Hall–Kier alpha value is -1.63. The Labute approximate surface area is 125 Å². The van der Waals surface area contributed by atoms with Crippen molar-refractivity contribution in [2.45, 2.75) is 39.7 Å². The van der Waals surface area contributed by atoms with Crippen LogP contribution in [0.5, 0.6) is 0 Å². The summed E-state index contributed by atoms with van der Waals surface area (Å²) in [6.07, 6.45) is 1.39. The molecule has 1 aliphatic rings. The highest BCUT2D eigenvalue weighted by Crippen LogP contribution is 2.22. The summed E-state index contributed by atoms with van der Waals surface area (Å²) in [4.78, 5) is 36.2. The van der Waals surface area contributed by atoms with Crippen molar-refractivity contribution >= 4 is 17.9 Å². The van der Waals surface area contributed by atoms with Crippen LogP contribution in [0.25, 0.3) is 0 Å². The van der Waals surface area contributed by atoms with Gasteiger partial charge in [-0.1, -0.05) is 20.8 Å². The van der Waals surface area contributed by atoms with Gasteiger partial charge in [0.1, 0.15) is 6.04 Å². The highest BCUT2D eigenvalue weighted by Gasteiger charge is 2.32. The Bertz CT molecular complexity index is 398. The highest BCUT2D eigenvalue weighted by atomic mass is 16.4. The molecule has 120 valence electrons. The SMILES string of the molecule is CC(C)CNC(=O)NC(=O)CN1CCC(C)CC1C(=O)O. The van der Waals surface area contributed by atoms with Crippen LogP contribution in [0.4, 0.5) is 4.79 Å². The number of hydrogen-bond acceptors (Lipinski definition) is 4. The number of carboxylic acid groups (broad SMARTS) is 1. The maximum absolute atomic E-state index is 11.8. The standard InChI is InChI=1S/C14H25N3O4/c1-9(2)7-15-14(21)16-12(18)8-17-5-4-10(3)6-11(17)13(19)20/h9-11H,4-8H2,1-3H3,(H,19,20)(H2,15,16,18,21). The molecule has 2 unspecified atom stereocenters. The number of carbonyl (C=O) groups is 3. The minimum absolute atomic E-state index is 0.0706. The molecule has 1 fully saturated rings. The van der Waals surface area contributed by atoms with Crippen LogP contribution < -0.4 is 10.6 Å². The van der Waals surface area contributed by atoms with E-state index in [0.717, 1.165) is 6.42 Å². The van der Waals surface area contributed by atoms with Crippen molar-refractivity contribution < 1.29 is 19.5 Å². The molecule has 0 aliphatic carbocycles. The Morgan fingerprint density at radius 1 is 1.33 bits per heavy atom. The molecule has 1 heterocycles. The molecule has 0 radical (unpaired) electrons. The van der Waals surface area contributed by atoms with Crippen molar-refractivity contribution in [3.8, 4) is 0 Å². The van der Waals surface area contributed by atoms with E-state index in [1.807, 2.05) is 20.8 Å². The zero-order chi connectivity index (χ0) is 16.0. The van der Waals surface area contributed by atoms with Crippen LogP contribution in [0.1, 0.15) is 33.6 Å². The molecule has 0 saturated carbocycles. The first-order valence-corrected chi connectivity index (χ1v) is 7.34. The number of rotatable bonds is 5. The topological polar surface area (TPSA) is 98.7 Å². The molecule has 7 heteroatoms. The maximum Gasteiger partial charge on any atom is 0.321 e. The number of urea groups is 1. The lowest BCUT2D eigenvalue weighted by molar-refractivity contribution is -0.146. The molecule has 3 N–H and O–H groups in total. The zero-order valence-corrected chi connectivity index (χ0v) is 12.9. The Morgan fingerprint density at radius 2 is 2.00 bits per heavy atom. The second kappa shape index (κ2) is 7.97. The van der Waals surface area contributed by atoms with Crippen molar-refractivity contribution in [3.63, 3.8) is 0 Å². The van der Waals surface area contributed by atoms with Crippen LogP contribution in [0, 0.1) is 11.8 Å². The Morgan fingerprint density at radius 3 is 2.57 bits per heavy atom. The van der Waals surface area contributed by atoms with Gasteiger partial charge >= 0.3 is 12.0 Å². The molecule has 21 heavy (non-hydrogen) atoms. The van der Waals surface area contributed by atoms with Gasteiger partial charge in [0.05, 0.1) is 6.54 Å². The van der Waals surface area contributed by atoms with E-state index in [4.69, 9.17) is 0 Å². The summed E-state index contributed by atoms with van der Waals surface area (Å²) in [5.74, 6) is -0.763. The zero-order valence-electron chi connectivity index (χ0n) is 12.9. The van der Waals surface area contributed by atoms with Crippen molar-refractivity contribution in [2.24, 2.45) is 11.8 Å². The third kappa shape index (κ3) is 6.12. The van der Waals surface area contributed by atoms with Crippen molar-refractivity contribution in [3.05, 3.63) is 0 Å². The van der Waals surface area contributed by atoms with Gasteiger partial charge in [0.25, 0.3) is 0 Å². The van der Waals surface area contributed by atoms with Crippen molar-refractivity contribution in [2.75, 3.05) is 19.6 Å². The van der Waals surface area contributed by atoms with E-state index < -0.39 is 23.9 Å². The Kier molecular flexibility index (Phi) is 6.61. The first kappa shape index (κ1) is 17.4. The van der Waals surface area contributed by atoms with Crippen LogP contribution >= 0.6 is 0 Å². The lowest BCUT2D eigenvalue weighted by Gasteiger charge is -2.35. The average molecular weight is 299 g/mol. The number of nitrogens with one attached hydrogen (secondary N) is 2. The fourth-order valence-electron chi connectivity index (χ4n) is 2.33. The van der Waals surface area contributed by atoms with Gasteiger partial charge in [-0.15, -0.1) is 0 Å². The second-order valence-corrected chi connectivity index (χ2v) is 6.11. The largest absolute Gasteiger partial charge is 0.480 e. The van der Waals surface area contributed by atoms with Crippen molar-refractivity contribution in [1.29, 1.82) is 0 Å². The normalized spacial score (nSPS) is 22.9. The lowest BCUT2D eigenvalue weighted by atomic mass is 9.92. The summed E-state index contributed by atoms with van der Waals surface area (Å²) >= 11 is 0. The summed E-state index contributed by atoms with van der Waals surface area (Å²) in [5.41, 5.74) is 0. The van der Waals surface area contributed by atoms with Gasteiger partial charge in [0.15, 0.2) is 0 Å². The van der Waals surface area contributed by atoms with Crippen LogP contribution in [-0.4, -0.2) is 53.6 Å². The van der Waals surface area contributed by atoms with Gasteiger partial charge in [0.2, 0.25) is 5.91 Å². The summed E-state index contributed by atoms with van der Waals surface area (Å²) in [7, 11) is 0. The minimum Gasteiger partial charge on any atom is -0.480 e. The number of likely N-dealkylation sites (tertiary alicyclic amines) is 1. The minimum atomic E-state index is -0.918. The molecule has 1 saturated heterocycles. The summed E-state index contributed by atoms with van der Waals surface area (Å²) in [6.45, 7) is 6.88. The third-order valence-electron chi connectivity index (χ3n) is 3.53. The number of imide groups is 1. The van der Waals surface area contributed by atoms with Gasteiger partial charge in [-0.05, 0) is 31.2 Å². The first-order valence-electron chi connectivity index (χ1n) is 7.34. The van der Waals surface area contributed by atoms with Gasteiger partial charge in [-0.2, -0.15) is 0 Å². The highest BCUT2D eigenvalue weighted by molar-refractivity contribution is 5.95. The maximum atomic E-state index is 11.8. The molecule has 0 bridgehead atoms. The fourth-order valence-corrected chi connectivity index (χ4v) is 2.33. The number of carbonyl (C=O) groups excluding carboxylic acids is 2. The molecule has 2 atom stereocenters. The number of aliphatic carboxylic acids is 1. The predicted molar refractivity (Wildman–Crippen MR) is 77.8 cm³/mol. The molecule has 0 aromatic heterocycles. The molecular formula is C14H25N3O4. The van der Waals surface area contributed by atoms with Crippen LogP contribution in [0.15, 0.2) is 0 Å². The summed E-state index contributed by atoms with van der Waals surface area (Å²) < 4.78 is 0. The van der Waals surface area contributed by atoms with Crippen LogP contribution in [0.2, 0.25) is 0 Å².